The third kappa shape index (κ3) is 2.07. The molecule has 1 aliphatic heterocycles. The number of fused-ring (bicyclic) bond motifs is 1. The van der Waals surface area contributed by atoms with Crippen molar-refractivity contribution in [3.8, 4) is 5.69 Å². The quantitative estimate of drug-likeness (QED) is 0.781. The zero-order valence-electron chi connectivity index (χ0n) is 11.5. The summed E-state index contributed by atoms with van der Waals surface area (Å²) in [6.07, 6.45) is 1.08. The number of hydrogen-bond acceptors (Lipinski definition) is 4. The number of aliphatic imine (C=N–C) groups is 1. The molecule has 0 spiro atoms. The summed E-state index contributed by atoms with van der Waals surface area (Å²) in [5.41, 5.74) is 3.96. The van der Waals surface area contributed by atoms with E-state index in [2.05, 4.69) is 32.8 Å². The van der Waals surface area contributed by atoms with Crippen LogP contribution in [0.4, 0.5) is 0 Å². The fourth-order valence-corrected chi connectivity index (χ4v) is 2.62. The predicted molar refractivity (Wildman–Crippen MR) is 82.9 cm³/mol. The second-order valence-corrected chi connectivity index (χ2v) is 5.02. The summed E-state index contributed by atoms with van der Waals surface area (Å²) >= 11 is 0. The van der Waals surface area contributed by atoms with E-state index in [1.807, 2.05) is 41.1 Å². The maximum Gasteiger partial charge on any atom is 0.130 e. The zero-order chi connectivity index (χ0) is 14.1. The predicted octanol–water partition coefficient (Wildman–Crippen LogP) is 2.16. The van der Waals surface area contributed by atoms with Crippen LogP contribution < -0.4 is 5.32 Å². The molecular formula is C16H15N5. The van der Waals surface area contributed by atoms with Crippen molar-refractivity contribution in [2.24, 2.45) is 4.99 Å². The molecule has 1 aliphatic rings. The maximum absolute atomic E-state index is 4.59. The molecule has 1 aromatic heterocycles. The van der Waals surface area contributed by atoms with Gasteiger partial charge in [-0.2, -0.15) is 0 Å². The van der Waals surface area contributed by atoms with Crippen molar-refractivity contribution in [3.05, 3.63) is 54.1 Å². The van der Waals surface area contributed by atoms with Gasteiger partial charge in [-0.25, -0.2) is 4.68 Å². The van der Waals surface area contributed by atoms with Crippen LogP contribution >= 0.6 is 0 Å². The molecule has 0 unspecified atom stereocenters. The summed E-state index contributed by atoms with van der Waals surface area (Å²) < 4.78 is 1.88. The molecule has 1 N–H and O–H groups in total. The summed E-state index contributed by atoms with van der Waals surface area (Å²) in [7, 11) is 0. The molecule has 0 saturated carbocycles. The lowest BCUT2D eigenvalue weighted by Gasteiger charge is -2.17. The topological polar surface area (TPSA) is 55.1 Å². The molecule has 0 fully saturated rings. The first-order chi connectivity index (χ1) is 10.4. The minimum atomic E-state index is 0.870. The van der Waals surface area contributed by atoms with Crippen LogP contribution in [0.25, 0.3) is 16.7 Å². The highest BCUT2D eigenvalue weighted by atomic mass is 15.4. The zero-order valence-corrected chi connectivity index (χ0v) is 11.5. The SMILES string of the molecule is c1ccc(-n2nnc3ccccc32)c(C2=NCCCN2)c1. The summed E-state index contributed by atoms with van der Waals surface area (Å²) in [6, 6.07) is 16.1. The number of hydrogen-bond donors (Lipinski definition) is 1. The van der Waals surface area contributed by atoms with E-state index in [1.165, 1.54) is 0 Å². The maximum atomic E-state index is 4.59. The molecule has 0 saturated heterocycles. The lowest BCUT2D eigenvalue weighted by atomic mass is 10.1. The van der Waals surface area contributed by atoms with Crippen LogP contribution in [0.1, 0.15) is 12.0 Å². The first-order valence-corrected chi connectivity index (χ1v) is 7.12. The Morgan fingerprint density at radius 3 is 2.76 bits per heavy atom. The number of nitrogens with zero attached hydrogens (tertiary/aromatic N) is 4. The lowest BCUT2D eigenvalue weighted by Crippen LogP contribution is -2.31. The number of nitrogens with one attached hydrogen (secondary N) is 1. The number of benzene rings is 2. The van der Waals surface area contributed by atoms with Crippen LogP contribution in [0.3, 0.4) is 0 Å². The van der Waals surface area contributed by atoms with Crippen LogP contribution in [-0.2, 0) is 0 Å². The minimum absolute atomic E-state index is 0.870. The Balaban J connectivity index is 1.91. The Bertz CT molecular complexity index is 818. The largest absolute Gasteiger partial charge is 0.370 e. The number of amidine groups is 1. The van der Waals surface area contributed by atoms with E-state index in [1.54, 1.807) is 0 Å². The van der Waals surface area contributed by atoms with Gasteiger partial charge < -0.3 is 5.32 Å². The van der Waals surface area contributed by atoms with Gasteiger partial charge in [-0.05, 0) is 30.7 Å². The van der Waals surface area contributed by atoms with Gasteiger partial charge in [0.05, 0.1) is 11.2 Å². The fourth-order valence-electron chi connectivity index (χ4n) is 2.62. The van der Waals surface area contributed by atoms with Gasteiger partial charge in [0.25, 0.3) is 0 Å². The van der Waals surface area contributed by atoms with Crippen molar-refractivity contribution in [2.45, 2.75) is 6.42 Å². The first kappa shape index (κ1) is 12.1. The van der Waals surface area contributed by atoms with E-state index in [4.69, 9.17) is 0 Å². The van der Waals surface area contributed by atoms with Crippen LogP contribution in [0.2, 0.25) is 0 Å². The Kier molecular flexibility index (Phi) is 2.88. The fraction of sp³-hybridized carbons (Fsp3) is 0.188. The van der Waals surface area contributed by atoms with Crippen LogP contribution in [-0.4, -0.2) is 33.9 Å². The van der Waals surface area contributed by atoms with Gasteiger partial charge in [0.15, 0.2) is 0 Å². The molecule has 5 heteroatoms. The van der Waals surface area contributed by atoms with Crippen molar-refractivity contribution in [2.75, 3.05) is 13.1 Å². The molecule has 5 nitrogen and oxygen atoms in total. The minimum Gasteiger partial charge on any atom is -0.370 e. The lowest BCUT2D eigenvalue weighted by molar-refractivity contribution is 0.740. The summed E-state index contributed by atoms with van der Waals surface area (Å²) in [5.74, 6) is 0.941. The Hall–Kier alpha value is -2.69. The van der Waals surface area contributed by atoms with Crippen molar-refractivity contribution < 1.29 is 0 Å². The third-order valence-electron chi connectivity index (χ3n) is 3.64. The normalized spacial score (nSPS) is 14.8. The number of rotatable bonds is 2. The molecule has 0 aliphatic carbocycles. The van der Waals surface area contributed by atoms with Crippen LogP contribution in [0.5, 0.6) is 0 Å². The van der Waals surface area contributed by atoms with Gasteiger partial charge >= 0.3 is 0 Å². The highest BCUT2D eigenvalue weighted by Gasteiger charge is 2.15. The standard InChI is InChI=1S/C16H15N5/c1-3-8-14(12(6-1)16-17-10-5-11-18-16)21-15-9-4-2-7-13(15)19-20-21/h1-4,6-9H,5,10-11H2,(H,17,18). The first-order valence-electron chi connectivity index (χ1n) is 7.12. The van der Waals surface area contributed by atoms with E-state index >= 15 is 0 Å². The Morgan fingerprint density at radius 2 is 1.86 bits per heavy atom. The molecule has 21 heavy (non-hydrogen) atoms. The molecule has 4 rings (SSSR count). The number of para-hydroxylation sites is 2. The Labute approximate surface area is 122 Å². The average Bonchev–Trinajstić information content (AvgIpc) is 3.00. The van der Waals surface area contributed by atoms with Crippen LogP contribution in [0, 0.1) is 0 Å². The van der Waals surface area contributed by atoms with Gasteiger partial charge in [-0.15, -0.1) is 5.10 Å². The second kappa shape index (κ2) is 5.01. The highest BCUT2D eigenvalue weighted by molar-refractivity contribution is 6.02. The van der Waals surface area contributed by atoms with Crippen molar-refractivity contribution >= 4 is 16.9 Å². The van der Waals surface area contributed by atoms with E-state index in [0.29, 0.717) is 0 Å². The average molecular weight is 277 g/mol. The van der Waals surface area contributed by atoms with Gasteiger partial charge in [0.1, 0.15) is 11.4 Å². The summed E-state index contributed by atoms with van der Waals surface area (Å²) in [5, 5.41) is 11.9. The van der Waals surface area contributed by atoms with E-state index in [-0.39, 0.29) is 0 Å². The second-order valence-electron chi connectivity index (χ2n) is 5.02. The molecule has 3 aromatic rings. The molecule has 104 valence electrons. The van der Waals surface area contributed by atoms with Gasteiger partial charge in [0, 0.05) is 18.7 Å². The van der Waals surface area contributed by atoms with E-state index in [9.17, 15) is 0 Å². The van der Waals surface area contributed by atoms with Gasteiger partial charge in [0.2, 0.25) is 0 Å². The van der Waals surface area contributed by atoms with Crippen LogP contribution in [0.15, 0.2) is 53.5 Å². The summed E-state index contributed by atoms with van der Waals surface area (Å²) in [6.45, 7) is 1.83. The third-order valence-corrected chi connectivity index (χ3v) is 3.64. The monoisotopic (exact) mass is 277 g/mol. The molecular weight excluding hydrogens is 262 g/mol. The van der Waals surface area contributed by atoms with Crippen molar-refractivity contribution in [3.63, 3.8) is 0 Å². The molecule has 0 radical (unpaired) electrons. The summed E-state index contributed by atoms with van der Waals surface area (Å²) in [4.78, 5) is 4.59. The molecule has 0 atom stereocenters. The molecule has 2 aromatic carbocycles. The smallest absolute Gasteiger partial charge is 0.130 e. The van der Waals surface area contributed by atoms with Gasteiger partial charge in [-0.3, -0.25) is 4.99 Å². The van der Waals surface area contributed by atoms with E-state index in [0.717, 1.165) is 47.6 Å². The number of aromatic nitrogens is 3. The Morgan fingerprint density at radius 1 is 1.00 bits per heavy atom. The molecule has 2 heterocycles. The van der Waals surface area contributed by atoms with Crippen molar-refractivity contribution in [1.29, 1.82) is 0 Å². The van der Waals surface area contributed by atoms with Gasteiger partial charge in [-0.1, -0.05) is 29.5 Å². The molecule has 0 bridgehead atoms. The highest BCUT2D eigenvalue weighted by Crippen LogP contribution is 2.20. The van der Waals surface area contributed by atoms with E-state index < -0.39 is 0 Å². The molecule has 0 amide bonds. The van der Waals surface area contributed by atoms with Crippen molar-refractivity contribution in [1.82, 2.24) is 20.3 Å².